The first kappa shape index (κ1) is 16.0. The molecule has 0 saturated heterocycles. The second-order valence-corrected chi connectivity index (χ2v) is 6.83. The summed E-state index contributed by atoms with van der Waals surface area (Å²) in [6.45, 7) is 0. The highest BCUT2D eigenvalue weighted by molar-refractivity contribution is 7.15. The zero-order valence-electron chi connectivity index (χ0n) is 11.9. The van der Waals surface area contributed by atoms with Crippen LogP contribution in [0.5, 0.6) is 0 Å². The normalized spacial score (nSPS) is 10.5. The second-order valence-electron chi connectivity index (χ2n) is 4.87. The van der Waals surface area contributed by atoms with E-state index in [2.05, 4.69) is 10.3 Å². The van der Waals surface area contributed by atoms with Crippen molar-refractivity contribution in [2.75, 3.05) is 5.32 Å². The molecule has 6 heteroatoms. The van der Waals surface area contributed by atoms with E-state index in [1.807, 2.05) is 24.3 Å². The Morgan fingerprint density at radius 1 is 1.09 bits per heavy atom. The van der Waals surface area contributed by atoms with Crippen molar-refractivity contribution < 1.29 is 4.79 Å². The van der Waals surface area contributed by atoms with Gasteiger partial charge in [-0.15, -0.1) is 11.3 Å². The summed E-state index contributed by atoms with van der Waals surface area (Å²) >= 11 is 13.3. The summed E-state index contributed by atoms with van der Waals surface area (Å²) in [7, 11) is 0. The Bertz CT molecular complexity index is 831. The molecule has 1 heterocycles. The predicted molar refractivity (Wildman–Crippen MR) is 95.8 cm³/mol. The zero-order chi connectivity index (χ0) is 16.2. The van der Waals surface area contributed by atoms with Gasteiger partial charge in [-0.25, -0.2) is 4.98 Å². The fourth-order valence-corrected chi connectivity index (χ4v) is 3.25. The van der Waals surface area contributed by atoms with Crippen molar-refractivity contribution in [1.82, 2.24) is 4.98 Å². The maximum absolute atomic E-state index is 12.2. The van der Waals surface area contributed by atoms with E-state index in [1.165, 1.54) is 11.3 Å². The summed E-state index contributed by atoms with van der Waals surface area (Å²) in [4.78, 5) is 17.5. The topological polar surface area (TPSA) is 42.0 Å². The Balaban J connectivity index is 1.69. The summed E-state index contributed by atoms with van der Waals surface area (Å²) in [5.41, 5.74) is 1.57. The summed E-state index contributed by atoms with van der Waals surface area (Å²) in [5, 5.41) is 4.46. The molecular formula is C17H12Cl2N2OS. The van der Waals surface area contributed by atoms with Crippen LogP contribution >= 0.6 is 34.5 Å². The minimum atomic E-state index is -0.261. The average Bonchev–Trinajstić information content (AvgIpc) is 2.97. The number of thiazole rings is 1. The van der Waals surface area contributed by atoms with E-state index in [0.29, 0.717) is 20.7 Å². The Labute approximate surface area is 147 Å². The van der Waals surface area contributed by atoms with Crippen LogP contribution in [0.3, 0.4) is 0 Å². The number of hydrogen-bond acceptors (Lipinski definition) is 3. The number of carbonyl (C=O) groups excluding carboxylic acids is 1. The smallest absolute Gasteiger partial charge is 0.258 e. The summed E-state index contributed by atoms with van der Waals surface area (Å²) < 4.78 is 0. The molecule has 2 aromatic carbocycles. The van der Waals surface area contributed by atoms with Crippen LogP contribution in [0.25, 0.3) is 0 Å². The molecular weight excluding hydrogens is 351 g/mol. The number of nitrogens with one attached hydrogen (secondary N) is 1. The molecule has 0 spiro atoms. The SMILES string of the molecule is O=C(Nc1ncc(Cc2ccc(Cl)cc2)s1)c1ccccc1Cl. The molecule has 3 aromatic rings. The third-order valence-electron chi connectivity index (χ3n) is 3.18. The van der Waals surface area contributed by atoms with E-state index in [-0.39, 0.29) is 5.91 Å². The zero-order valence-corrected chi connectivity index (χ0v) is 14.3. The molecule has 0 atom stereocenters. The highest BCUT2D eigenvalue weighted by Gasteiger charge is 2.12. The minimum absolute atomic E-state index is 0.261. The number of rotatable bonds is 4. The molecule has 0 radical (unpaired) electrons. The van der Waals surface area contributed by atoms with Crippen LogP contribution in [-0.2, 0) is 6.42 Å². The lowest BCUT2D eigenvalue weighted by Gasteiger charge is -2.03. The highest BCUT2D eigenvalue weighted by Crippen LogP contribution is 2.23. The molecule has 1 amide bonds. The van der Waals surface area contributed by atoms with Gasteiger partial charge in [0.2, 0.25) is 0 Å². The molecule has 0 aliphatic rings. The standard InChI is InChI=1S/C17H12Cl2N2OS/c18-12-7-5-11(6-8-12)9-13-10-20-17(23-13)21-16(22)14-3-1-2-4-15(14)19/h1-8,10H,9H2,(H,20,21,22). The molecule has 1 aromatic heterocycles. The minimum Gasteiger partial charge on any atom is -0.298 e. The number of hydrogen-bond donors (Lipinski definition) is 1. The van der Waals surface area contributed by atoms with Gasteiger partial charge >= 0.3 is 0 Å². The number of benzene rings is 2. The van der Waals surface area contributed by atoms with Crippen LogP contribution in [0.2, 0.25) is 10.0 Å². The summed E-state index contributed by atoms with van der Waals surface area (Å²) in [6.07, 6.45) is 2.51. The summed E-state index contributed by atoms with van der Waals surface area (Å²) in [6, 6.07) is 14.6. The van der Waals surface area contributed by atoms with E-state index in [1.54, 1.807) is 30.5 Å². The van der Waals surface area contributed by atoms with E-state index in [4.69, 9.17) is 23.2 Å². The third-order valence-corrected chi connectivity index (χ3v) is 4.68. The molecule has 0 unspecified atom stereocenters. The van der Waals surface area contributed by atoms with Crippen molar-refractivity contribution in [3.8, 4) is 0 Å². The molecule has 1 N–H and O–H groups in total. The van der Waals surface area contributed by atoms with E-state index in [0.717, 1.165) is 16.9 Å². The first-order valence-electron chi connectivity index (χ1n) is 6.87. The van der Waals surface area contributed by atoms with Crippen LogP contribution in [0.15, 0.2) is 54.7 Å². The lowest BCUT2D eigenvalue weighted by Crippen LogP contribution is -2.11. The van der Waals surface area contributed by atoms with Crippen molar-refractivity contribution in [3.05, 3.63) is 80.8 Å². The molecule has 0 aliphatic heterocycles. The lowest BCUT2D eigenvalue weighted by atomic mass is 10.1. The van der Waals surface area contributed by atoms with Crippen LogP contribution < -0.4 is 5.32 Å². The molecule has 0 aliphatic carbocycles. The van der Waals surface area contributed by atoms with Crippen molar-refractivity contribution in [3.63, 3.8) is 0 Å². The van der Waals surface area contributed by atoms with Gasteiger partial charge in [-0.3, -0.25) is 10.1 Å². The molecule has 0 saturated carbocycles. The Morgan fingerprint density at radius 3 is 2.57 bits per heavy atom. The van der Waals surface area contributed by atoms with Gasteiger partial charge in [0.1, 0.15) is 0 Å². The van der Waals surface area contributed by atoms with Crippen molar-refractivity contribution in [1.29, 1.82) is 0 Å². The first-order valence-corrected chi connectivity index (χ1v) is 8.44. The van der Waals surface area contributed by atoms with Gasteiger partial charge in [-0.2, -0.15) is 0 Å². The number of anilines is 1. The number of halogens is 2. The van der Waals surface area contributed by atoms with Crippen molar-refractivity contribution >= 4 is 45.6 Å². The fourth-order valence-electron chi connectivity index (χ4n) is 2.06. The third kappa shape index (κ3) is 4.10. The maximum Gasteiger partial charge on any atom is 0.258 e. The van der Waals surface area contributed by atoms with Crippen LogP contribution in [-0.4, -0.2) is 10.9 Å². The molecule has 0 fully saturated rings. The second kappa shape index (κ2) is 7.13. The van der Waals surface area contributed by atoms with E-state index in [9.17, 15) is 4.79 Å². The maximum atomic E-state index is 12.2. The van der Waals surface area contributed by atoms with Crippen molar-refractivity contribution in [2.45, 2.75) is 6.42 Å². The van der Waals surface area contributed by atoms with Gasteiger partial charge in [-0.1, -0.05) is 47.5 Å². The number of carbonyl (C=O) groups is 1. The fraction of sp³-hybridized carbons (Fsp3) is 0.0588. The Morgan fingerprint density at radius 2 is 1.83 bits per heavy atom. The largest absolute Gasteiger partial charge is 0.298 e. The van der Waals surface area contributed by atoms with Gasteiger partial charge in [0, 0.05) is 22.5 Å². The van der Waals surface area contributed by atoms with Crippen LogP contribution in [0, 0.1) is 0 Å². The van der Waals surface area contributed by atoms with Gasteiger partial charge in [-0.05, 0) is 29.8 Å². The van der Waals surface area contributed by atoms with Crippen LogP contribution in [0.1, 0.15) is 20.8 Å². The van der Waals surface area contributed by atoms with Gasteiger partial charge in [0.25, 0.3) is 5.91 Å². The molecule has 3 rings (SSSR count). The van der Waals surface area contributed by atoms with Gasteiger partial charge in [0.05, 0.1) is 10.6 Å². The quantitative estimate of drug-likeness (QED) is 0.684. The number of nitrogens with zero attached hydrogens (tertiary/aromatic N) is 1. The van der Waals surface area contributed by atoms with E-state index < -0.39 is 0 Å². The molecule has 116 valence electrons. The molecule has 3 nitrogen and oxygen atoms in total. The van der Waals surface area contributed by atoms with Crippen molar-refractivity contribution in [2.24, 2.45) is 0 Å². The molecule has 23 heavy (non-hydrogen) atoms. The first-order chi connectivity index (χ1) is 11.1. The van der Waals surface area contributed by atoms with Crippen LogP contribution in [0.4, 0.5) is 5.13 Å². The summed E-state index contributed by atoms with van der Waals surface area (Å²) in [5.74, 6) is -0.261. The Hall–Kier alpha value is -1.88. The predicted octanol–water partition coefficient (Wildman–Crippen LogP) is 5.29. The Kier molecular flexibility index (Phi) is 4.96. The number of aromatic nitrogens is 1. The lowest BCUT2D eigenvalue weighted by molar-refractivity contribution is 0.102. The monoisotopic (exact) mass is 362 g/mol. The van der Waals surface area contributed by atoms with Gasteiger partial charge < -0.3 is 0 Å². The average molecular weight is 363 g/mol. The van der Waals surface area contributed by atoms with E-state index >= 15 is 0 Å². The number of amides is 1. The van der Waals surface area contributed by atoms with Gasteiger partial charge in [0.15, 0.2) is 5.13 Å². The molecule has 0 bridgehead atoms. The highest BCUT2D eigenvalue weighted by atomic mass is 35.5.